The first-order chi connectivity index (χ1) is 4.61. The van der Waals surface area contributed by atoms with Crippen LogP contribution in [0.4, 0.5) is 0 Å². The van der Waals surface area contributed by atoms with Crippen molar-refractivity contribution in [1.82, 2.24) is 0 Å². The van der Waals surface area contributed by atoms with E-state index >= 15 is 0 Å². The number of hydrogen-bond donors (Lipinski definition) is 1. The Bertz CT molecular complexity index is 151. The molecule has 0 bridgehead atoms. The number of rotatable bonds is 1. The molecule has 0 amide bonds. The maximum absolute atomic E-state index is 10.5. The summed E-state index contributed by atoms with van der Waals surface area (Å²) in [5.41, 5.74) is 0. The Kier molecular flexibility index (Phi) is 3.47. The minimum Gasteiger partial charge on any atom is -0.735 e. The molecule has 1 aliphatic rings. The predicted octanol–water partition coefficient (Wildman–Crippen LogP) is 0.765. The van der Waals surface area contributed by atoms with Crippen LogP contribution in [0.1, 0.15) is 6.42 Å². The molecular formula is C3H7O3PS3. The van der Waals surface area contributed by atoms with Crippen molar-refractivity contribution in [2.45, 2.75) is 6.42 Å². The third-order valence-corrected chi connectivity index (χ3v) is 12.9. The monoisotopic (exact) mass is 218 g/mol. The van der Waals surface area contributed by atoms with Gasteiger partial charge in [-0.05, 0) is 6.42 Å². The van der Waals surface area contributed by atoms with Gasteiger partial charge in [0.1, 0.15) is 21.6 Å². The highest BCUT2D eigenvalue weighted by Gasteiger charge is 2.37. The van der Waals surface area contributed by atoms with E-state index < -0.39 is 15.4 Å². The lowest BCUT2D eigenvalue weighted by atomic mass is 10.6. The summed E-state index contributed by atoms with van der Waals surface area (Å²) in [4.78, 5) is 19.2. The van der Waals surface area contributed by atoms with Gasteiger partial charge in [0.15, 0.2) is 8.58 Å². The second kappa shape index (κ2) is 3.74. The lowest BCUT2D eigenvalue weighted by Crippen LogP contribution is -2.10. The van der Waals surface area contributed by atoms with Gasteiger partial charge in [-0.15, -0.1) is 0 Å². The summed E-state index contributed by atoms with van der Waals surface area (Å²) < 4.78 is 10.5. The van der Waals surface area contributed by atoms with Crippen LogP contribution < -0.4 is 4.89 Å². The Morgan fingerprint density at radius 1 is 1.50 bits per heavy atom. The molecule has 1 N–H and O–H groups in total. The van der Waals surface area contributed by atoms with Crippen molar-refractivity contribution in [2.24, 2.45) is 0 Å². The fraction of sp³-hybridized carbons (Fsp3) is 1.00. The summed E-state index contributed by atoms with van der Waals surface area (Å²) in [5, 5.41) is 0. The molecule has 10 heavy (non-hydrogen) atoms. The third kappa shape index (κ3) is 2.68. The molecule has 0 radical (unpaired) electrons. The van der Waals surface area contributed by atoms with Crippen molar-refractivity contribution < 1.29 is 14.4 Å². The van der Waals surface area contributed by atoms with E-state index in [1.807, 2.05) is 0 Å². The van der Waals surface area contributed by atoms with Crippen molar-refractivity contribution in [3.05, 3.63) is 0 Å². The molecule has 1 saturated heterocycles. The Morgan fingerprint density at radius 3 is 2.30 bits per heavy atom. The lowest BCUT2D eigenvalue weighted by Gasteiger charge is -2.15. The van der Waals surface area contributed by atoms with Gasteiger partial charge in [-0.2, -0.15) is 0 Å². The largest absolute Gasteiger partial charge is 0.735 e. The Morgan fingerprint density at radius 2 is 2.00 bits per heavy atom. The normalized spacial score (nSPS) is 27.8. The minimum atomic E-state index is -4.04. The van der Waals surface area contributed by atoms with Crippen LogP contribution in [-0.2, 0) is 13.1 Å². The topological polar surface area (TPSA) is 60.4 Å². The fourth-order valence-corrected chi connectivity index (χ4v) is 9.96. The molecule has 3 nitrogen and oxygen atoms in total. The summed E-state index contributed by atoms with van der Waals surface area (Å²) in [6.07, 6.45) is 1.04. The van der Waals surface area contributed by atoms with Crippen LogP contribution in [0.3, 0.4) is 0 Å². The highest BCUT2D eigenvalue weighted by molar-refractivity contribution is 9.22. The van der Waals surface area contributed by atoms with E-state index in [0.717, 1.165) is 17.9 Å². The zero-order chi connectivity index (χ0) is 7.61. The van der Waals surface area contributed by atoms with Crippen molar-refractivity contribution >= 4 is 37.0 Å². The molecule has 0 saturated carbocycles. The molecular weight excluding hydrogens is 211 g/mol. The summed E-state index contributed by atoms with van der Waals surface area (Å²) in [6, 6.07) is 0. The third-order valence-electron chi connectivity index (χ3n) is 0.845. The molecule has 1 unspecified atom stereocenters. The van der Waals surface area contributed by atoms with Crippen LogP contribution in [0, 0.1) is 0 Å². The van der Waals surface area contributed by atoms with Crippen molar-refractivity contribution in [2.75, 3.05) is 11.5 Å². The van der Waals surface area contributed by atoms with Crippen LogP contribution in [-0.4, -0.2) is 16.4 Å². The quantitative estimate of drug-likeness (QED) is 0.400. The van der Waals surface area contributed by atoms with E-state index in [4.69, 9.17) is 4.89 Å². The first kappa shape index (κ1) is 9.29. The molecule has 0 aliphatic carbocycles. The summed E-state index contributed by atoms with van der Waals surface area (Å²) in [5.74, 6) is 1.70. The van der Waals surface area contributed by atoms with Gasteiger partial charge in [0.2, 0.25) is 0 Å². The van der Waals surface area contributed by atoms with E-state index in [1.54, 1.807) is 0 Å². The van der Waals surface area contributed by atoms with Gasteiger partial charge in [0.25, 0.3) is 0 Å². The summed E-state index contributed by atoms with van der Waals surface area (Å²) in [7, 11) is 1.80. The van der Waals surface area contributed by atoms with Crippen LogP contribution in [0.2, 0.25) is 0 Å². The maximum Gasteiger partial charge on any atom is 0.364 e. The van der Waals surface area contributed by atoms with E-state index in [-0.39, 0.29) is 0 Å². The highest BCUT2D eigenvalue weighted by atomic mass is 33.7. The molecule has 1 fully saturated rings. The van der Waals surface area contributed by atoms with Crippen LogP contribution >= 0.6 is 28.4 Å². The zero-order valence-electron chi connectivity index (χ0n) is 5.06. The standard InChI is InChI=1S/C3H7O3PS3/c4-7(5,6)10-8-2-1-3-9-10/h1-3H2,(H-,4,5,6). The second-order valence-corrected chi connectivity index (χ2v) is 12.4. The highest BCUT2D eigenvalue weighted by Crippen LogP contribution is 2.56. The van der Waals surface area contributed by atoms with Gasteiger partial charge < -0.3 is 9.79 Å². The first-order valence-electron chi connectivity index (χ1n) is 2.66. The molecule has 1 rings (SSSR count). The smallest absolute Gasteiger partial charge is 0.364 e. The van der Waals surface area contributed by atoms with Crippen molar-refractivity contribution in [3.8, 4) is 0 Å². The van der Waals surface area contributed by atoms with Gasteiger partial charge in [-0.3, -0.25) is 0 Å². The Hall–Kier alpha value is 1.20. The average Bonchev–Trinajstić information content (AvgIpc) is 1.88. The zero-order valence-corrected chi connectivity index (χ0v) is 8.40. The van der Waals surface area contributed by atoms with E-state index in [1.165, 1.54) is 21.6 Å². The fourth-order valence-electron chi connectivity index (χ4n) is 0.487. The maximum atomic E-state index is 10.5. The molecule has 0 aromatic heterocycles. The molecule has 60 valence electrons. The molecule has 0 aromatic rings. The lowest BCUT2D eigenvalue weighted by molar-refractivity contribution is -0.184. The Labute approximate surface area is 69.4 Å². The van der Waals surface area contributed by atoms with Gasteiger partial charge >= 0.3 is 6.80 Å². The summed E-state index contributed by atoms with van der Waals surface area (Å²) in [6.45, 7) is -4.04. The SMILES string of the molecule is O=P([O-])(O)[S+]1SCCCS1. The molecule has 0 aromatic carbocycles. The Balaban J connectivity index is 2.47. The van der Waals surface area contributed by atoms with E-state index in [2.05, 4.69) is 0 Å². The van der Waals surface area contributed by atoms with Gasteiger partial charge in [0, 0.05) is 11.5 Å². The average molecular weight is 218 g/mol. The minimum absolute atomic E-state index is 0.850. The number of hydrogen-bond acceptors (Lipinski definition) is 4. The summed E-state index contributed by atoms with van der Waals surface area (Å²) >= 11 is 0. The van der Waals surface area contributed by atoms with E-state index in [9.17, 15) is 9.46 Å². The van der Waals surface area contributed by atoms with Crippen molar-refractivity contribution in [3.63, 3.8) is 0 Å². The van der Waals surface area contributed by atoms with Crippen LogP contribution in [0.15, 0.2) is 0 Å². The molecule has 1 aliphatic heterocycles. The van der Waals surface area contributed by atoms with Gasteiger partial charge in [0.05, 0.1) is 0 Å². The molecule has 1 heterocycles. The van der Waals surface area contributed by atoms with Crippen molar-refractivity contribution in [1.29, 1.82) is 0 Å². The van der Waals surface area contributed by atoms with E-state index in [0.29, 0.717) is 0 Å². The first-order valence-corrected chi connectivity index (χ1v) is 9.07. The van der Waals surface area contributed by atoms with Crippen LogP contribution in [0.25, 0.3) is 0 Å². The molecule has 0 spiro atoms. The second-order valence-electron chi connectivity index (χ2n) is 1.68. The predicted molar refractivity (Wildman–Crippen MR) is 46.7 cm³/mol. The van der Waals surface area contributed by atoms with Gasteiger partial charge in [-0.25, -0.2) is 4.57 Å². The van der Waals surface area contributed by atoms with Crippen LogP contribution in [0.5, 0.6) is 0 Å². The molecule has 1 atom stereocenters. The molecule has 7 heteroatoms. The van der Waals surface area contributed by atoms with Gasteiger partial charge in [-0.1, -0.05) is 0 Å².